The zero-order valence-electron chi connectivity index (χ0n) is 18.7. The van der Waals surface area contributed by atoms with Crippen LogP contribution in [0.4, 0.5) is 0 Å². The molecule has 1 aliphatic carbocycles. The van der Waals surface area contributed by atoms with Gasteiger partial charge in [0.25, 0.3) is 5.91 Å². The molecule has 0 spiro atoms. The van der Waals surface area contributed by atoms with Crippen molar-refractivity contribution in [2.45, 2.75) is 57.2 Å². The van der Waals surface area contributed by atoms with Gasteiger partial charge in [-0.1, -0.05) is 30.2 Å². The summed E-state index contributed by atoms with van der Waals surface area (Å²) in [5.74, 6) is -0.231. The molecular weight excluding hydrogens is 408 g/mol. The molecule has 32 heavy (non-hydrogen) atoms. The lowest BCUT2D eigenvalue weighted by Gasteiger charge is -2.33. The van der Waals surface area contributed by atoms with Crippen molar-refractivity contribution in [2.24, 2.45) is 5.92 Å². The molecule has 1 aromatic heterocycles. The maximum Gasteiger partial charge on any atom is 0.254 e. The normalized spacial score (nSPS) is 24.3. The van der Waals surface area contributed by atoms with Crippen LogP contribution >= 0.6 is 0 Å². The van der Waals surface area contributed by atoms with Crippen LogP contribution in [-0.2, 0) is 4.74 Å². The molecule has 1 saturated carbocycles. The Morgan fingerprint density at radius 3 is 2.84 bits per heavy atom. The summed E-state index contributed by atoms with van der Waals surface area (Å²) in [6.07, 6.45) is 9.82. The summed E-state index contributed by atoms with van der Waals surface area (Å²) in [6, 6.07) is 5.67. The first-order valence-corrected chi connectivity index (χ1v) is 11.4. The highest BCUT2D eigenvalue weighted by Gasteiger charge is 2.42. The number of benzene rings is 1. The molecule has 2 fully saturated rings. The first-order valence-electron chi connectivity index (χ1n) is 11.4. The molecule has 2 heterocycles. The second-order valence-electron chi connectivity index (χ2n) is 8.93. The van der Waals surface area contributed by atoms with E-state index in [9.17, 15) is 15.0 Å². The number of hydrogen-bond donors (Lipinski definition) is 2. The minimum absolute atomic E-state index is 0.0171. The molecule has 2 aliphatic rings. The van der Waals surface area contributed by atoms with Gasteiger partial charge in [0.2, 0.25) is 0 Å². The number of phenols is 1. The van der Waals surface area contributed by atoms with Crippen molar-refractivity contribution in [2.75, 3.05) is 20.3 Å². The Bertz CT molecular complexity index is 964. The Morgan fingerprint density at radius 1 is 1.34 bits per heavy atom. The number of hydrogen-bond acceptors (Lipinski definition) is 6. The van der Waals surface area contributed by atoms with E-state index in [2.05, 4.69) is 23.3 Å². The fourth-order valence-corrected chi connectivity index (χ4v) is 4.83. The Balaban J connectivity index is 1.46. The van der Waals surface area contributed by atoms with Crippen LogP contribution in [0.5, 0.6) is 5.75 Å². The largest absolute Gasteiger partial charge is 0.508 e. The zero-order chi connectivity index (χ0) is 22.7. The molecule has 8 heteroatoms. The SMILES string of the molecule is C[C@H]1[C@@H]([C@H](CO)N(C)C(=O)c2cccc(O)c2)OC[C@@H]1n1cc(C=C2CCCCC2)nn1. The molecule has 2 N–H and O–H groups in total. The average molecular weight is 441 g/mol. The van der Waals surface area contributed by atoms with Crippen molar-refractivity contribution in [3.05, 3.63) is 47.3 Å². The smallest absolute Gasteiger partial charge is 0.254 e. The number of likely N-dealkylation sites (N-methyl/N-ethyl adjacent to an activating group) is 1. The first-order chi connectivity index (χ1) is 15.5. The second kappa shape index (κ2) is 9.83. The highest BCUT2D eigenvalue weighted by Crippen LogP contribution is 2.34. The fraction of sp³-hybridized carbons (Fsp3) is 0.542. The highest BCUT2D eigenvalue weighted by molar-refractivity contribution is 5.94. The number of aromatic hydroxyl groups is 1. The summed E-state index contributed by atoms with van der Waals surface area (Å²) >= 11 is 0. The molecule has 1 amide bonds. The number of phenolic OH excluding ortho intramolecular Hbond substituents is 1. The fourth-order valence-electron chi connectivity index (χ4n) is 4.83. The third kappa shape index (κ3) is 4.71. The molecule has 0 unspecified atom stereocenters. The molecule has 172 valence electrons. The van der Waals surface area contributed by atoms with Crippen molar-refractivity contribution in [3.8, 4) is 5.75 Å². The van der Waals surface area contributed by atoms with Crippen LogP contribution in [-0.4, -0.2) is 68.4 Å². The number of aliphatic hydroxyl groups is 1. The summed E-state index contributed by atoms with van der Waals surface area (Å²) in [4.78, 5) is 14.4. The van der Waals surface area contributed by atoms with Crippen LogP contribution in [0.1, 0.15) is 61.1 Å². The predicted molar refractivity (Wildman–Crippen MR) is 120 cm³/mol. The zero-order valence-corrected chi connectivity index (χ0v) is 18.7. The number of aliphatic hydroxyl groups excluding tert-OH is 1. The molecule has 1 saturated heterocycles. The van der Waals surface area contributed by atoms with E-state index in [1.807, 2.05) is 10.9 Å². The third-order valence-corrected chi connectivity index (χ3v) is 6.78. The number of carbonyl (C=O) groups excluding carboxylic acids is 1. The van der Waals surface area contributed by atoms with Gasteiger partial charge in [0, 0.05) is 18.5 Å². The van der Waals surface area contributed by atoms with E-state index in [0.29, 0.717) is 12.2 Å². The van der Waals surface area contributed by atoms with Gasteiger partial charge in [-0.25, -0.2) is 4.68 Å². The van der Waals surface area contributed by atoms with Gasteiger partial charge in [0.15, 0.2) is 0 Å². The number of rotatable bonds is 6. The van der Waals surface area contributed by atoms with E-state index in [0.717, 1.165) is 18.5 Å². The number of nitrogens with zero attached hydrogens (tertiary/aromatic N) is 4. The molecule has 1 aliphatic heterocycles. The second-order valence-corrected chi connectivity index (χ2v) is 8.93. The molecule has 4 rings (SSSR count). The van der Waals surface area contributed by atoms with Gasteiger partial charge in [0.1, 0.15) is 11.4 Å². The molecule has 0 bridgehead atoms. The summed E-state index contributed by atoms with van der Waals surface area (Å²) < 4.78 is 7.92. The molecule has 1 aromatic carbocycles. The lowest BCUT2D eigenvalue weighted by atomic mass is 9.93. The Kier molecular flexibility index (Phi) is 6.91. The van der Waals surface area contributed by atoms with Gasteiger partial charge < -0.3 is 19.8 Å². The maximum atomic E-state index is 12.9. The minimum atomic E-state index is -0.516. The summed E-state index contributed by atoms with van der Waals surface area (Å²) in [6.45, 7) is 2.27. The first kappa shape index (κ1) is 22.5. The van der Waals surface area contributed by atoms with E-state index in [4.69, 9.17) is 4.74 Å². The van der Waals surface area contributed by atoms with E-state index >= 15 is 0 Å². The van der Waals surface area contributed by atoms with Gasteiger partial charge >= 0.3 is 0 Å². The van der Waals surface area contributed by atoms with Gasteiger partial charge in [-0.3, -0.25) is 4.79 Å². The van der Waals surface area contributed by atoms with Gasteiger partial charge in [-0.15, -0.1) is 5.10 Å². The molecule has 4 atom stereocenters. The highest BCUT2D eigenvalue weighted by atomic mass is 16.5. The van der Waals surface area contributed by atoms with E-state index in [1.165, 1.54) is 41.9 Å². The predicted octanol–water partition coefficient (Wildman–Crippen LogP) is 3.04. The van der Waals surface area contributed by atoms with E-state index in [1.54, 1.807) is 19.2 Å². The van der Waals surface area contributed by atoms with Crippen molar-refractivity contribution < 1.29 is 19.7 Å². The summed E-state index contributed by atoms with van der Waals surface area (Å²) in [5.41, 5.74) is 2.67. The number of ether oxygens (including phenoxy) is 1. The lowest BCUT2D eigenvalue weighted by Crippen LogP contribution is -2.49. The van der Waals surface area contributed by atoms with E-state index < -0.39 is 6.04 Å². The van der Waals surface area contributed by atoms with Crippen molar-refractivity contribution in [3.63, 3.8) is 0 Å². The van der Waals surface area contributed by atoms with Crippen LogP contribution in [0.3, 0.4) is 0 Å². The van der Waals surface area contributed by atoms with E-state index in [-0.39, 0.29) is 36.3 Å². The van der Waals surface area contributed by atoms with Crippen LogP contribution < -0.4 is 0 Å². The molecule has 2 aromatic rings. The summed E-state index contributed by atoms with van der Waals surface area (Å²) in [7, 11) is 1.65. The quantitative estimate of drug-likeness (QED) is 0.716. The van der Waals surface area contributed by atoms with Crippen LogP contribution in [0, 0.1) is 5.92 Å². The standard InChI is InChI=1S/C24H32N4O4/c1-16-22(28-13-19(25-26-28)11-17-7-4-3-5-8-17)15-32-23(16)21(14-29)27(2)24(31)18-9-6-10-20(30)12-18/h6,9-13,16,21-23,29-30H,3-5,7-8,14-15H2,1-2H3/t16-,21+,22+,23+/m1/s1. The van der Waals surface area contributed by atoms with Crippen LogP contribution in [0.15, 0.2) is 36.0 Å². The molecule has 0 radical (unpaired) electrons. The Morgan fingerprint density at radius 2 is 2.12 bits per heavy atom. The lowest BCUT2D eigenvalue weighted by molar-refractivity contribution is -0.00255. The molecule has 8 nitrogen and oxygen atoms in total. The number of aromatic nitrogens is 3. The third-order valence-electron chi connectivity index (χ3n) is 6.78. The number of carbonyl (C=O) groups is 1. The maximum absolute atomic E-state index is 12.9. The Hall–Kier alpha value is -2.71. The van der Waals surface area contributed by atoms with Crippen LogP contribution in [0.25, 0.3) is 6.08 Å². The van der Waals surface area contributed by atoms with Crippen LogP contribution in [0.2, 0.25) is 0 Å². The van der Waals surface area contributed by atoms with Crippen molar-refractivity contribution in [1.82, 2.24) is 19.9 Å². The minimum Gasteiger partial charge on any atom is -0.508 e. The Labute approximate surface area is 188 Å². The number of amides is 1. The summed E-state index contributed by atoms with van der Waals surface area (Å²) in [5, 5.41) is 28.5. The molecular formula is C24H32N4O4. The topological polar surface area (TPSA) is 101 Å². The van der Waals surface area contributed by atoms with Crippen molar-refractivity contribution in [1.29, 1.82) is 0 Å². The van der Waals surface area contributed by atoms with Gasteiger partial charge in [0.05, 0.1) is 37.6 Å². The van der Waals surface area contributed by atoms with Crippen molar-refractivity contribution >= 4 is 12.0 Å². The average Bonchev–Trinajstić information content (AvgIpc) is 3.41. The van der Waals surface area contributed by atoms with Gasteiger partial charge in [-0.2, -0.15) is 0 Å². The monoisotopic (exact) mass is 440 g/mol. The number of allylic oxidation sites excluding steroid dienone is 1. The van der Waals surface area contributed by atoms with Gasteiger partial charge in [-0.05, 0) is 50.0 Å².